The highest BCUT2D eigenvalue weighted by molar-refractivity contribution is 5.81. The highest BCUT2D eigenvalue weighted by Crippen LogP contribution is 2.32. The van der Waals surface area contributed by atoms with E-state index in [-0.39, 0.29) is 24.3 Å². The Morgan fingerprint density at radius 2 is 2.33 bits per heavy atom. The van der Waals surface area contributed by atoms with Gasteiger partial charge in [0.05, 0.1) is 25.4 Å². The monoisotopic (exact) mass is 330 g/mol. The molecule has 0 bridgehead atoms. The number of halogens is 1. The molecule has 0 saturated carbocycles. The molecular formula is C17H19FN4O2. The molecule has 0 fully saturated rings. The number of likely N-dealkylation sites (N-methyl/N-ethyl adjacent to an activating group) is 1. The Balaban J connectivity index is 1.69. The first-order valence-corrected chi connectivity index (χ1v) is 7.82. The van der Waals surface area contributed by atoms with Crippen LogP contribution in [-0.4, -0.2) is 36.1 Å². The summed E-state index contributed by atoms with van der Waals surface area (Å²) >= 11 is 0. The van der Waals surface area contributed by atoms with E-state index in [1.165, 1.54) is 12.1 Å². The first-order valence-electron chi connectivity index (χ1n) is 7.82. The molecule has 1 aromatic heterocycles. The number of carbonyl (C=O) groups is 1. The molecule has 7 heteroatoms. The second-order valence-electron chi connectivity index (χ2n) is 5.71. The summed E-state index contributed by atoms with van der Waals surface area (Å²) in [6, 6.07) is 4.14. The van der Waals surface area contributed by atoms with Crippen LogP contribution in [0.4, 0.5) is 10.2 Å². The molecule has 2 heterocycles. The van der Waals surface area contributed by atoms with Gasteiger partial charge in [0.15, 0.2) is 0 Å². The Hall–Kier alpha value is -2.70. The van der Waals surface area contributed by atoms with Crippen molar-refractivity contribution in [3.63, 3.8) is 0 Å². The fraction of sp³-hybridized carbons (Fsp3) is 0.353. The van der Waals surface area contributed by atoms with E-state index in [0.29, 0.717) is 30.2 Å². The standard InChI is InChI=1S/C17H19FN4O2/c1-22(16-10-19-6-7-20-16)11-17(23)21-14-3-2-8-24-15-5-4-12(18)9-13(14)15/h4-7,9-10,14H,2-3,8,11H2,1H3,(H,21,23)/t14-/m1/s1. The fourth-order valence-corrected chi connectivity index (χ4v) is 2.72. The second kappa shape index (κ2) is 7.25. The smallest absolute Gasteiger partial charge is 0.240 e. The zero-order valence-electron chi connectivity index (χ0n) is 13.4. The maximum atomic E-state index is 13.6. The molecule has 24 heavy (non-hydrogen) atoms. The molecule has 2 aromatic rings. The molecule has 1 aliphatic rings. The summed E-state index contributed by atoms with van der Waals surface area (Å²) in [4.78, 5) is 22.2. The van der Waals surface area contributed by atoms with Crippen molar-refractivity contribution in [1.29, 1.82) is 0 Å². The van der Waals surface area contributed by atoms with Gasteiger partial charge in [0.25, 0.3) is 0 Å². The molecule has 6 nitrogen and oxygen atoms in total. The summed E-state index contributed by atoms with van der Waals surface area (Å²) in [5.41, 5.74) is 0.683. The molecule has 0 spiro atoms. The van der Waals surface area contributed by atoms with Gasteiger partial charge in [0, 0.05) is 25.0 Å². The van der Waals surface area contributed by atoms with Crippen molar-refractivity contribution >= 4 is 11.7 Å². The molecule has 0 radical (unpaired) electrons. The van der Waals surface area contributed by atoms with Crippen LogP contribution in [0.2, 0.25) is 0 Å². The summed E-state index contributed by atoms with van der Waals surface area (Å²) in [6.45, 7) is 0.700. The molecule has 0 aliphatic carbocycles. The Bertz CT molecular complexity index is 711. The van der Waals surface area contributed by atoms with E-state index < -0.39 is 0 Å². The molecule has 126 valence electrons. The predicted octanol–water partition coefficient (Wildman–Crippen LogP) is 2.08. The van der Waals surface area contributed by atoms with Crippen molar-refractivity contribution in [2.45, 2.75) is 18.9 Å². The molecule has 1 atom stereocenters. The van der Waals surface area contributed by atoms with E-state index >= 15 is 0 Å². The Morgan fingerprint density at radius 3 is 3.12 bits per heavy atom. The summed E-state index contributed by atoms with van der Waals surface area (Å²) in [6.07, 6.45) is 6.25. The number of nitrogens with one attached hydrogen (secondary N) is 1. The number of rotatable bonds is 4. The maximum absolute atomic E-state index is 13.6. The van der Waals surface area contributed by atoms with Gasteiger partial charge in [-0.2, -0.15) is 0 Å². The van der Waals surface area contributed by atoms with Crippen LogP contribution in [0.5, 0.6) is 5.75 Å². The maximum Gasteiger partial charge on any atom is 0.240 e. The van der Waals surface area contributed by atoms with Crippen LogP contribution in [0.3, 0.4) is 0 Å². The average Bonchev–Trinajstić information content (AvgIpc) is 2.78. The lowest BCUT2D eigenvalue weighted by Gasteiger charge is -2.21. The molecule has 1 aromatic carbocycles. The lowest BCUT2D eigenvalue weighted by Crippen LogP contribution is -2.37. The SMILES string of the molecule is CN(CC(=O)N[C@@H]1CCCOc2ccc(F)cc21)c1cnccn1. The van der Waals surface area contributed by atoms with Crippen molar-refractivity contribution in [1.82, 2.24) is 15.3 Å². The van der Waals surface area contributed by atoms with Crippen molar-refractivity contribution in [3.05, 3.63) is 48.2 Å². The van der Waals surface area contributed by atoms with E-state index in [0.717, 1.165) is 6.42 Å². The molecule has 1 N–H and O–H groups in total. The minimum Gasteiger partial charge on any atom is -0.493 e. The van der Waals surface area contributed by atoms with E-state index in [2.05, 4.69) is 15.3 Å². The van der Waals surface area contributed by atoms with Gasteiger partial charge in [-0.15, -0.1) is 0 Å². The highest BCUT2D eigenvalue weighted by atomic mass is 19.1. The Morgan fingerprint density at radius 1 is 1.46 bits per heavy atom. The van der Waals surface area contributed by atoms with Gasteiger partial charge in [0.1, 0.15) is 17.4 Å². The lowest BCUT2D eigenvalue weighted by molar-refractivity contribution is -0.120. The van der Waals surface area contributed by atoms with E-state index in [4.69, 9.17) is 4.74 Å². The second-order valence-corrected chi connectivity index (χ2v) is 5.71. The summed E-state index contributed by atoms with van der Waals surface area (Å²) < 4.78 is 19.2. The molecule has 0 saturated heterocycles. The van der Waals surface area contributed by atoms with Crippen molar-refractivity contribution < 1.29 is 13.9 Å². The molecule has 0 unspecified atom stereocenters. The van der Waals surface area contributed by atoms with Gasteiger partial charge in [-0.3, -0.25) is 9.78 Å². The van der Waals surface area contributed by atoms with Crippen LogP contribution >= 0.6 is 0 Å². The average molecular weight is 330 g/mol. The van der Waals surface area contributed by atoms with Crippen LogP contribution in [0.1, 0.15) is 24.4 Å². The number of ether oxygens (including phenoxy) is 1. The van der Waals surface area contributed by atoms with Crippen LogP contribution in [0.15, 0.2) is 36.8 Å². The normalized spacial score (nSPS) is 16.5. The van der Waals surface area contributed by atoms with E-state index in [1.807, 2.05) is 0 Å². The van der Waals surface area contributed by atoms with Crippen LogP contribution in [0.25, 0.3) is 0 Å². The van der Waals surface area contributed by atoms with E-state index in [9.17, 15) is 9.18 Å². The van der Waals surface area contributed by atoms with Gasteiger partial charge in [-0.05, 0) is 31.0 Å². The minimum atomic E-state index is -0.338. The number of hydrogen-bond donors (Lipinski definition) is 1. The summed E-state index contributed by atoms with van der Waals surface area (Å²) in [7, 11) is 1.77. The first-order chi connectivity index (χ1) is 11.6. The molecule has 1 amide bonds. The zero-order valence-corrected chi connectivity index (χ0v) is 13.4. The zero-order chi connectivity index (χ0) is 16.9. The first kappa shape index (κ1) is 16.2. The van der Waals surface area contributed by atoms with Crippen LogP contribution in [0, 0.1) is 5.82 Å². The van der Waals surface area contributed by atoms with Crippen LogP contribution < -0.4 is 15.0 Å². The number of carbonyl (C=O) groups excluding carboxylic acids is 1. The lowest BCUT2D eigenvalue weighted by atomic mass is 10.0. The highest BCUT2D eigenvalue weighted by Gasteiger charge is 2.22. The predicted molar refractivity (Wildman–Crippen MR) is 87.3 cm³/mol. The van der Waals surface area contributed by atoms with Gasteiger partial charge in [-0.1, -0.05) is 0 Å². The van der Waals surface area contributed by atoms with Gasteiger partial charge < -0.3 is 15.0 Å². The van der Waals surface area contributed by atoms with Gasteiger partial charge >= 0.3 is 0 Å². The van der Waals surface area contributed by atoms with Crippen LogP contribution in [-0.2, 0) is 4.79 Å². The fourth-order valence-electron chi connectivity index (χ4n) is 2.72. The quantitative estimate of drug-likeness (QED) is 0.930. The van der Waals surface area contributed by atoms with Gasteiger partial charge in [-0.25, -0.2) is 9.37 Å². The molecule has 1 aliphatic heterocycles. The third-order valence-corrected chi connectivity index (χ3v) is 3.90. The third kappa shape index (κ3) is 3.79. The number of aromatic nitrogens is 2. The minimum absolute atomic E-state index is 0.140. The van der Waals surface area contributed by atoms with Crippen molar-refractivity contribution in [2.24, 2.45) is 0 Å². The number of fused-ring (bicyclic) bond motifs is 1. The number of anilines is 1. The Labute approximate surface area is 139 Å². The molecular weight excluding hydrogens is 311 g/mol. The number of nitrogens with zero attached hydrogens (tertiary/aromatic N) is 3. The van der Waals surface area contributed by atoms with Crippen molar-refractivity contribution in [3.8, 4) is 5.75 Å². The Kier molecular flexibility index (Phi) is 4.88. The van der Waals surface area contributed by atoms with Crippen molar-refractivity contribution in [2.75, 3.05) is 25.1 Å². The molecule has 3 rings (SSSR count). The summed E-state index contributed by atoms with van der Waals surface area (Å²) in [5, 5.41) is 2.97. The largest absolute Gasteiger partial charge is 0.493 e. The number of benzene rings is 1. The summed E-state index contributed by atoms with van der Waals surface area (Å²) in [5.74, 6) is 0.741. The number of hydrogen-bond acceptors (Lipinski definition) is 5. The van der Waals surface area contributed by atoms with Gasteiger partial charge in [0.2, 0.25) is 5.91 Å². The number of amides is 1. The third-order valence-electron chi connectivity index (χ3n) is 3.90. The van der Waals surface area contributed by atoms with E-state index in [1.54, 1.807) is 36.6 Å². The topological polar surface area (TPSA) is 67.4 Å².